The fourth-order valence-corrected chi connectivity index (χ4v) is 1.55. The van der Waals surface area contributed by atoms with Crippen molar-refractivity contribution in [3.8, 4) is 23.6 Å². The van der Waals surface area contributed by atoms with Gasteiger partial charge in [-0.3, -0.25) is 20.2 Å². The van der Waals surface area contributed by atoms with E-state index in [4.69, 9.17) is 20.7 Å². The van der Waals surface area contributed by atoms with Gasteiger partial charge in [0.15, 0.2) is 0 Å². The highest BCUT2D eigenvalue weighted by Gasteiger charge is 2.13. The van der Waals surface area contributed by atoms with Crippen LogP contribution in [0.15, 0.2) is 36.4 Å². The number of rotatable bonds is 2. The van der Waals surface area contributed by atoms with Crippen molar-refractivity contribution in [3.63, 3.8) is 0 Å². The van der Waals surface area contributed by atoms with Crippen LogP contribution in [-0.2, 0) is 0 Å². The SMILES string of the molecule is N#Cc1cc(O)ccc1[N+](=O)[O-].N#Cc1cc(O)ccc1[N+](=O)[O-]. The number of hydrogen-bond acceptors (Lipinski definition) is 8. The summed E-state index contributed by atoms with van der Waals surface area (Å²) in [4.78, 5) is 19.2. The summed E-state index contributed by atoms with van der Waals surface area (Å²) in [6, 6.07) is 9.85. The van der Waals surface area contributed by atoms with Gasteiger partial charge in [-0.2, -0.15) is 10.5 Å². The third-order valence-corrected chi connectivity index (χ3v) is 2.59. The highest BCUT2D eigenvalue weighted by molar-refractivity contribution is 5.52. The lowest BCUT2D eigenvalue weighted by atomic mass is 10.2. The molecule has 2 N–H and O–H groups in total. The molecule has 0 radical (unpaired) electrons. The van der Waals surface area contributed by atoms with Crippen LogP contribution in [0, 0.1) is 42.9 Å². The number of nitro benzene ring substituents is 2. The Morgan fingerprint density at radius 3 is 1.38 bits per heavy atom. The first-order chi connectivity index (χ1) is 11.3. The summed E-state index contributed by atoms with van der Waals surface area (Å²) in [7, 11) is 0. The number of phenols is 2. The number of nitro groups is 2. The van der Waals surface area contributed by atoms with E-state index >= 15 is 0 Å². The highest BCUT2D eigenvalue weighted by Crippen LogP contribution is 2.22. The molecule has 2 aromatic rings. The first-order valence-corrected chi connectivity index (χ1v) is 6.05. The van der Waals surface area contributed by atoms with E-state index in [1.54, 1.807) is 12.1 Å². The van der Waals surface area contributed by atoms with Gasteiger partial charge in [0.05, 0.1) is 9.85 Å². The molecule has 0 fully saturated rings. The number of nitrogens with zero attached hydrogens (tertiary/aromatic N) is 4. The van der Waals surface area contributed by atoms with Crippen LogP contribution in [-0.4, -0.2) is 20.1 Å². The molecule has 0 unspecified atom stereocenters. The molecule has 0 spiro atoms. The lowest BCUT2D eigenvalue weighted by Crippen LogP contribution is -1.91. The molecule has 0 aliphatic heterocycles. The first-order valence-electron chi connectivity index (χ1n) is 6.05. The zero-order chi connectivity index (χ0) is 18.3. The molecule has 120 valence electrons. The summed E-state index contributed by atoms with van der Waals surface area (Å²) >= 11 is 0. The molecule has 0 saturated carbocycles. The number of benzene rings is 2. The van der Waals surface area contributed by atoms with Gasteiger partial charge in [0, 0.05) is 24.3 Å². The Bertz CT molecular complexity index is 808. The molecule has 24 heavy (non-hydrogen) atoms. The Morgan fingerprint density at radius 1 is 0.792 bits per heavy atom. The van der Waals surface area contributed by atoms with Crippen molar-refractivity contribution in [3.05, 3.63) is 67.8 Å². The molecule has 0 aromatic heterocycles. The van der Waals surface area contributed by atoms with Gasteiger partial charge in [0.1, 0.15) is 34.8 Å². The van der Waals surface area contributed by atoms with Crippen LogP contribution in [0.4, 0.5) is 11.4 Å². The van der Waals surface area contributed by atoms with E-state index in [-0.39, 0.29) is 34.0 Å². The molecular weight excluding hydrogens is 320 g/mol. The summed E-state index contributed by atoms with van der Waals surface area (Å²) in [6.45, 7) is 0. The van der Waals surface area contributed by atoms with Gasteiger partial charge in [-0.1, -0.05) is 0 Å². The van der Waals surface area contributed by atoms with Crippen LogP contribution >= 0.6 is 0 Å². The van der Waals surface area contributed by atoms with Crippen molar-refractivity contribution < 1.29 is 20.1 Å². The maximum absolute atomic E-state index is 10.3. The molecule has 2 rings (SSSR count). The maximum Gasteiger partial charge on any atom is 0.287 e. The highest BCUT2D eigenvalue weighted by atomic mass is 16.6. The van der Waals surface area contributed by atoms with Crippen molar-refractivity contribution in [2.75, 3.05) is 0 Å². The Morgan fingerprint density at radius 2 is 1.12 bits per heavy atom. The Hall–Kier alpha value is -4.18. The van der Waals surface area contributed by atoms with Crippen molar-refractivity contribution in [2.45, 2.75) is 0 Å². The summed E-state index contributed by atoms with van der Waals surface area (Å²) in [5.41, 5.74) is -0.870. The van der Waals surface area contributed by atoms with Crippen LogP contribution in [0.3, 0.4) is 0 Å². The van der Waals surface area contributed by atoms with Gasteiger partial charge >= 0.3 is 0 Å². The lowest BCUT2D eigenvalue weighted by molar-refractivity contribution is -0.385. The largest absolute Gasteiger partial charge is 0.508 e. The van der Waals surface area contributed by atoms with Gasteiger partial charge in [-0.25, -0.2) is 0 Å². The van der Waals surface area contributed by atoms with Crippen molar-refractivity contribution in [2.24, 2.45) is 0 Å². The third kappa shape index (κ3) is 4.41. The maximum atomic E-state index is 10.3. The average Bonchev–Trinajstić information content (AvgIpc) is 2.54. The Kier molecular flexibility index (Phi) is 5.75. The molecule has 10 nitrogen and oxygen atoms in total. The zero-order valence-corrected chi connectivity index (χ0v) is 11.8. The van der Waals surface area contributed by atoms with Crippen molar-refractivity contribution >= 4 is 11.4 Å². The molecule has 0 amide bonds. The minimum Gasteiger partial charge on any atom is -0.508 e. The van der Waals surface area contributed by atoms with Crippen LogP contribution in [0.5, 0.6) is 11.5 Å². The lowest BCUT2D eigenvalue weighted by Gasteiger charge is -1.94. The van der Waals surface area contributed by atoms with Gasteiger partial charge in [-0.05, 0) is 12.1 Å². The monoisotopic (exact) mass is 328 g/mol. The molecule has 0 atom stereocenters. The van der Waals surface area contributed by atoms with Gasteiger partial charge in [-0.15, -0.1) is 0 Å². The van der Waals surface area contributed by atoms with E-state index in [9.17, 15) is 20.2 Å². The van der Waals surface area contributed by atoms with Crippen molar-refractivity contribution in [1.82, 2.24) is 0 Å². The molecule has 10 heteroatoms. The Balaban J connectivity index is 0.000000240. The van der Waals surface area contributed by atoms with Crippen LogP contribution in [0.2, 0.25) is 0 Å². The van der Waals surface area contributed by atoms with E-state index in [1.807, 2.05) is 0 Å². The van der Waals surface area contributed by atoms with Crippen LogP contribution < -0.4 is 0 Å². The predicted molar refractivity (Wildman–Crippen MR) is 79.0 cm³/mol. The van der Waals surface area contributed by atoms with Gasteiger partial charge in [0.2, 0.25) is 0 Å². The normalized spacial score (nSPS) is 8.92. The van der Waals surface area contributed by atoms with Crippen molar-refractivity contribution in [1.29, 1.82) is 10.5 Å². The number of aromatic hydroxyl groups is 2. The zero-order valence-electron chi connectivity index (χ0n) is 11.8. The van der Waals surface area contributed by atoms with E-state index < -0.39 is 9.85 Å². The Labute approximate surface area is 134 Å². The van der Waals surface area contributed by atoms with E-state index in [0.29, 0.717) is 0 Å². The molecule has 0 aliphatic rings. The quantitative estimate of drug-likeness (QED) is 0.623. The molecule has 0 aliphatic carbocycles. The molecule has 0 heterocycles. The van der Waals surface area contributed by atoms with Gasteiger partial charge in [0.25, 0.3) is 11.4 Å². The third-order valence-electron chi connectivity index (χ3n) is 2.59. The number of hydrogen-bond donors (Lipinski definition) is 2. The minimum atomic E-state index is -0.669. The second kappa shape index (κ2) is 7.72. The number of nitriles is 2. The summed E-state index contributed by atoms with van der Waals surface area (Å²) < 4.78 is 0. The second-order valence-electron chi connectivity index (χ2n) is 4.14. The van der Waals surface area contributed by atoms with Crippen LogP contribution in [0.25, 0.3) is 0 Å². The smallest absolute Gasteiger partial charge is 0.287 e. The summed E-state index contributed by atoms with van der Waals surface area (Å²) in [5, 5.41) is 55.1. The van der Waals surface area contributed by atoms with Gasteiger partial charge < -0.3 is 10.2 Å². The topological polar surface area (TPSA) is 174 Å². The molecule has 0 bridgehead atoms. The molecular formula is C14H8N4O6. The van der Waals surface area contributed by atoms with E-state index in [0.717, 1.165) is 24.3 Å². The second-order valence-corrected chi connectivity index (χ2v) is 4.14. The first kappa shape index (κ1) is 17.9. The average molecular weight is 328 g/mol. The summed E-state index contributed by atoms with van der Waals surface area (Å²) in [5.74, 6) is -0.311. The van der Waals surface area contributed by atoms with E-state index in [2.05, 4.69) is 0 Å². The van der Waals surface area contributed by atoms with E-state index in [1.165, 1.54) is 12.1 Å². The molecule has 2 aromatic carbocycles. The minimum absolute atomic E-state index is 0.139. The standard InChI is InChI=1S/2C7H4N2O3/c2*8-4-5-3-6(10)1-2-7(5)9(11)12/h2*1-3,10H. The fraction of sp³-hybridized carbons (Fsp3) is 0. The van der Waals surface area contributed by atoms with Crippen LogP contribution in [0.1, 0.15) is 11.1 Å². The molecule has 0 saturated heterocycles. The number of phenolic OH excluding ortho intramolecular Hbond substituents is 2. The fourth-order valence-electron chi connectivity index (χ4n) is 1.55. The summed E-state index contributed by atoms with van der Waals surface area (Å²) in [6.07, 6.45) is 0. The predicted octanol–water partition coefficient (Wildman–Crippen LogP) is 2.34.